The highest BCUT2D eigenvalue weighted by Gasteiger charge is 2.73. The Kier molecular flexibility index (Phi) is 2.35. The first-order valence-corrected chi connectivity index (χ1v) is 8.50. The van der Waals surface area contributed by atoms with Crippen molar-refractivity contribution in [3.05, 3.63) is 0 Å². The summed E-state index contributed by atoms with van der Waals surface area (Å²) in [5, 5.41) is 0. The van der Waals surface area contributed by atoms with E-state index in [2.05, 4.69) is 41.5 Å². The predicted molar refractivity (Wildman–Crippen MR) is 79.3 cm³/mol. The van der Waals surface area contributed by atoms with E-state index in [-0.39, 0.29) is 5.60 Å². The van der Waals surface area contributed by atoms with Crippen LogP contribution in [0.4, 0.5) is 0 Å². The van der Waals surface area contributed by atoms with Gasteiger partial charge in [0.25, 0.3) is 0 Å². The lowest BCUT2D eigenvalue weighted by Gasteiger charge is -2.47. The fourth-order valence-corrected chi connectivity index (χ4v) is 7.01. The summed E-state index contributed by atoms with van der Waals surface area (Å²) in [7, 11) is 0. The van der Waals surface area contributed by atoms with Crippen LogP contribution in [-0.2, 0) is 9.47 Å². The van der Waals surface area contributed by atoms with E-state index in [0.717, 1.165) is 11.8 Å². The summed E-state index contributed by atoms with van der Waals surface area (Å²) in [6.45, 7) is 14.0. The first-order chi connectivity index (χ1) is 9.12. The molecular formula is C18H30O2. The molecule has 2 bridgehead atoms. The second-order valence-electron chi connectivity index (χ2n) is 9.34. The van der Waals surface area contributed by atoms with Gasteiger partial charge < -0.3 is 9.47 Å². The van der Waals surface area contributed by atoms with E-state index in [0.29, 0.717) is 22.9 Å². The zero-order valence-electron chi connectivity index (χ0n) is 14.0. The van der Waals surface area contributed by atoms with Gasteiger partial charge in [0.1, 0.15) is 0 Å². The molecule has 1 aliphatic heterocycles. The number of ether oxygens (including phenoxy) is 2. The van der Waals surface area contributed by atoms with Gasteiger partial charge in [-0.05, 0) is 75.0 Å². The number of hydrogen-bond donors (Lipinski definition) is 0. The fraction of sp³-hybridized carbons (Fsp3) is 1.00. The van der Waals surface area contributed by atoms with Gasteiger partial charge in [-0.3, -0.25) is 0 Å². The van der Waals surface area contributed by atoms with Crippen molar-refractivity contribution in [3.8, 4) is 0 Å². The van der Waals surface area contributed by atoms with Crippen LogP contribution in [-0.4, -0.2) is 17.5 Å². The molecule has 4 fully saturated rings. The van der Waals surface area contributed by atoms with Crippen LogP contribution in [0, 0.1) is 28.6 Å². The van der Waals surface area contributed by atoms with Gasteiger partial charge in [-0.1, -0.05) is 20.8 Å². The number of fused-ring (bicyclic) bond motifs is 3. The second kappa shape index (κ2) is 3.46. The van der Waals surface area contributed by atoms with E-state index in [1.54, 1.807) is 0 Å². The Hall–Kier alpha value is -0.0800. The molecule has 2 heteroatoms. The zero-order chi connectivity index (χ0) is 14.6. The molecule has 0 aromatic heterocycles. The molecule has 1 saturated heterocycles. The first kappa shape index (κ1) is 13.6. The minimum atomic E-state index is -0.409. The van der Waals surface area contributed by atoms with Crippen LogP contribution in [0.2, 0.25) is 0 Å². The average Bonchev–Trinajstić information content (AvgIpc) is 2.80. The molecule has 2 nitrogen and oxygen atoms in total. The lowest BCUT2D eigenvalue weighted by Crippen LogP contribution is -2.52. The molecule has 1 spiro atoms. The Balaban J connectivity index is 1.82. The van der Waals surface area contributed by atoms with Gasteiger partial charge in [-0.15, -0.1) is 0 Å². The van der Waals surface area contributed by atoms with Crippen LogP contribution < -0.4 is 0 Å². The van der Waals surface area contributed by atoms with E-state index in [1.807, 2.05) is 0 Å². The maximum absolute atomic E-state index is 6.48. The summed E-state index contributed by atoms with van der Waals surface area (Å²) >= 11 is 0. The summed E-state index contributed by atoms with van der Waals surface area (Å²) < 4.78 is 12.8. The minimum Gasteiger partial charge on any atom is -0.344 e. The van der Waals surface area contributed by atoms with E-state index in [4.69, 9.17) is 9.47 Å². The topological polar surface area (TPSA) is 18.5 Å². The molecule has 1 heterocycles. The maximum atomic E-state index is 6.48. The van der Waals surface area contributed by atoms with Crippen molar-refractivity contribution in [3.63, 3.8) is 0 Å². The van der Waals surface area contributed by atoms with Crippen molar-refractivity contribution in [2.24, 2.45) is 28.6 Å². The molecule has 0 radical (unpaired) electrons. The van der Waals surface area contributed by atoms with Crippen LogP contribution in [0.25, 0.3) is 0 Å². The molecule has 20 heavy (non-hydrogen) atoms. The Morgan fingerprint density at radius 3 is 2.30 bits per heavy atom. The quantitative estimate of drug-likeness (QED) is 0.654. The van der Waals surface area contributed by atoms with Gasteiger partial charge in [0.05, 0.1) is 11.7 Å². The van der Waals surface area contributed by atoms with E-state index in [1.165, 1.54) is 25.7 Å². The van der Waals surface area contributed by atoms with Crippen molar-refractivity contribution in [1.82, 2.24) is 0 Å². The van der Waals surface area contributed by atoms with Crippen LogP contribution in [0.5, 0.6) is 0 Å². The molecule has 4 aliphatic rings. The van der Waals surface area contributed by atoms with Crippen LogP contribution in [0.15, 0.2) is 0 Å². The number of hydrogen-bond acceptors (Lipinski definition) is 2. The predicted octanol–water partition coefficient (Wildman–Crippen LogP) is 4.38. The van der Waals surface area contributed by atoms with Crippen molar-refractivity contribution in [1.29, 1.82) is 0 Å². The highest BCUT2D eigenvalue weighted by Crippen LogP contribution is 2.75. The molecule has 3 aliphatic carbocycles. The van der Waals surface area contributed by atoms with Crippen LogP contribution >= 0.6 is 0 Å². The second-order valence-corrected chi connectivity index (χ2v) is 9.34. The third kappa shape index (κ3) is 1.34. The monoisotopic (exact) mass is 278 g/mol. The Bertz CT molecular complexity index is 454. The van der Waals surface area contributed by atoms with Crippen molar-refractivity contribution < 1.29 is 9.47 Å². The Morgan fingerprint density at radius 1 is 0.900 bits per heavy atom. The largest absolute Gasteiger partial charge is 0.344 e. The van der Waals surface area contributed by atoms with Crippen LogP contribution in [0.1, 0.15) is 67.2 Å². The Labute approximate surface area is 123 Å². The molecule has 0 aromatic carbocycles. The van der Waals surface area contributed by atoms with Gasteiger partial charge >= 0.3 is 0 Å². The van der Waals surface area contributed by atoms with E-state index < -0.39 is 5.79 Å². The Morgan fingerprint density at radius 2 is 1.60 bits per heavy atom. The fourth-order valence-electron chi connectivity index (χ4n) is 7.01. The number of rotatable bonds is 0. The summed E-state index contributed by atoms with van der Waals surface area (Å²) in [5.41, 5.74) is 0.836. The molecule has 3 saturated carbocycles. The van der Waals surface area contributed by atoms with Gasteiger partial charge in [-0.25, -0.2) is 0 Å². The smallest absolute Gasteiger partial charge is 0.164 e. The lowest BCUT2D eigenvalue weighted by atomic mass is 9.63. The molecule has 114 valence electrons. The average molecular weight is 278 g/mol. The zero-order valence-corrected chi connectivity index (χ0v) is 14.0. The highest BCUT2D eigenvalue weighted by atomic mass is 16.8. The normalized spacial score (nSPS) is 58.5. The molecule has 6 atom stereocenters. The molecule has 4 rings (SSSR count). The van der Waals surface area contributed by atoms with Crippen molar-refractivity contribution in [2.75, 3.05) is 0 Å². The maximum Gasteiger partial charge on any atom is 0.164 e. The summed E-state index contributed by atoms with van der Waals surface area (Å²) in [4.78, 5) is 0. The van der Waals surface area contributed by atoms with Gasteiger partial charge in [0.15, 0.2) is 5.79 Å². The van der Waals surface area contributed by atoms with Crippen molar-refractivity contribution in [2.45, 2.75) is 84.7 Å². The summed E-state index contributed by atoms with van der Waals surface area (Å²) in [6, 6.07) is 0. The van der Waals surface area contributed by atoms with E-state index in [9.17, 15) is 0 Å². The third-order valence-electron chi connectivity index (χ3n) is 7.73. The minimum absolute atomic E-state index is 0.0810. The summed E-state index contributed by atoms with van der Waals surface area (Å²) in [5.74, 6) is 1.96. The van der Waals surface area contributed by atoms with Crippen LogP contribution in [0.3, 0.4) is 0 Å². The lowest BCUT2D eigenvalue weighted by molar-refractivity contribution is -0.177. The first-order valence-electron chi connectivity index (χ1n) is 8.50. The summed E-state index contributed by atoms with van der Waals surface area (Å²) in [6.07, 6.45) is 5.70. The SMILES string of the molecule is C[C@H]1CC[C@H]2C(C)(C)[C@@H]3C[C@@]12C[C@@H]1OC(C)(C)O[C@@]13C. The van der Waals surface area contributed by atoms with Gasteiger partial charge in [0, 0.05) is 0 Å². The standard InChI is InChI=1S/C18H30O2/c1-11-7-8-12-15(2,3)13-9-18(11,12)10-14-17(13,6)20-16(4,5)19-14/h11-14H,7-10H2,1-6H3/t11-,12-,13-,14-,17+,18+/m0/s1. The molecule has 0 N–H and O–H groups in total. The molecular weight excluding hydrogens is 248 g/mol. The molecule has 0 unspecified atom stereocenters. The molecule has 0 amide bonds. The van der Waals surface area contributed by atoms with Gasteiger partial charge in [0.2, 0.25) is 0 Å². The molecule has 0 aromatic rings. The van der Waals surface area contributed by atoms with E-state index >= 15 is 0 Å². The highest BCUT2D eigenvalue weighted by molar-refractivity contribution is 5.21. The third-order valence-corrected chi connectivity index (χ3v) is 7.73. The van der Waals surface area contributed by atoms with Gasteiger partial charge in [-0.2, -0.15) is 0 Å². The van der Waals surface area contributed by atoms with Crippen molar-refractivity contribution >= 4 is 0 Å².